The van der Waals surface area contributed by atoms with Crippen LogP contribution in [-0.2, 0) is 5.33 Å². The van der Waals surface area contributed by atoms with Crippen LogP contribution >= 0.6 is 31.9 Å². The third-order valence-electron chi connectivity index (χ3n) is 1.64. The van der Waals surface area contributed by atoms with Crippen LogP contribution in [0.3, 0.4) is 0 Å². The highest BCUT2D eigenvalue weighted by atomic mass is 79.9. The number of hydrogen-bond donors (Lipinski definition) is 0. The van der Waals surface area contributed by atoms with Crippen LogP contribution in [0.5, 0.6) is 0 Å². The molecule has 0 saturated heterocycles. The number of nitro groups is 1. The van der Waals surface area contributed by atoms with E-state index < -0.39 is 22.7 Å². The molecule has 0 aliphatic carbocycles. The molecular weight excluding hydrogens is 342 g/mol. The number of alkyl halides is 3. The molecule has 0 amide bonds. The molecule has 0 spiro atoms. The Labute approximate surface area is 100 Å². The number of rotatable bonds is 3. The normalized spacial score (nSPS) is 10.7. The molecule has 1 rings (SSSR count). The van der Waals surface area contributed by atoms with Gasteiger partial charge in [0, 0.05) is 15.4 Å². The van der Waals surface area contributed by atoms with Gasteiger partial charge < -0.3 is 10.1 Å². The van der Waals surface area contributed by atoms with Crippen LogP contribution in [0.25, 0.3) is 0 Å². The highest BCUT2D eigenvalue weighted by molar-refractivity contribution is 9.10. The van der Waals surface area contributed by atoms with E-state index in [4.69, 9.17) is 0 Å². The predicted molar refractivity (Wildman–Crippen MR) is 56.2 cm³/mol. The molecule has 1 aromatic heterocycles. The summed E-state index contributed by atoms with van der Waals surface area (Å²) in [7, 11) is 0. The molecule has 0 aromatic carbocycles. The lowest BCUT2D eigenvalue weighted by atomic mass is 10.2. The Kier molecular flexibility index (Phi) is 4.09. The third kappa shape index (κ3) is 2.49. The van der Waals surface area contributed by atoms with Gasteiger partial charge in [-0.2, -0.15) is 0 Å². The van der Waals surface area contributed by atoms with E-state index in [2.05, 4.69) is 36.8 Å². The molecule has 0 saturated carbocycles. The van der Waals surface area contributed by atoms with Gasteiger partial charge in [-0.05, 0) is 25.8 Å². The van der Waals surface area contributed by atoms with E-state index >= 15 is 0 Å². The van der Waals surface area contributed by atoms with Crippen molar-refractivity contribution in [3.05, 3.63) is 31.9 Å². The number of halogens is 4. The molecule has 1 aromatic rings. The molecule has 0 atom stereocenters. The van der Waals surface area contributed by atoms with Crippen LogP contribution < -0.4 is 0 Å². The zero-order valence-electron chi connectivity index (χ0n) is 7.08. The molecule has 0 aliphatic heterocycles. The average Bonchev–Trinajstić information content (AvgIpc) is 2.16. The SMILES string of the molecule is O=[N+]([O-])c1ncc(CBr)c(Br)c1C(F)F. The van der Waals surface area contributed by atoms with Crippen molar-refractivity contribution in [3.8, 4) is 0 Å². The van der Waals surface area contributed by atoms with E-state index in [0.717, 1.165) is 0 Å². The molecule has 0 radical (unpaired) electrons. The maximum atomic E-state index is 12.6. The predicted octanol–water partition coefficient (Wildman–Crippen LogP) is 3.58. The highest BCUT2D eigenvalue weighted by Crippen LogP contribution is 2.36. The van der Waals surface area contributed by atoms with Crippen LogP contribution in [0.2, 0.25) is 0 Å². The fraction of sp³-hybridized carbons (Fsp3) is 0.286. The minimum atomic E-state index is -2.94. The van der Waals surface area contributed by atoms with Gasteiger partial charge >= 0.3 is 5.82 Å². The van der Waals surface area contributed by atoms with Gasteiger partial charge in [0.15, 0.2) is 0 Å². The zero-order valence-corrected chi connectivity index (χ0v) is 10.3. The Morgan fingerprint density at radius 3 is 2.60 bits per heavy atom. The minimum Gasteiger partial charge on any atom is -0.358 e. The molecule has 82 valence electrons. The molecule has 0 N–H and O–H groups in total. The number of aromatic nitrogens is 1. The fourth-order valence-corrected chi connectivity index (χ4v) is 2.36. The lowest BCUT2D eigenvalue weighted by Gasteiger charge is -2.06. The van der Waals surface area contributed by atoms with E-state index in [1.54, 1.807) is 0 Å². The maximum Gasteiger partial charge on any atom is 0.373 e. The molecular formula is C7H4Br2F2N2O2. The van der Waals surface area contributed by atoms with Crippen LogP contribution in [-0.4, -0.2) is 9.91 Å². The zero-order chi connectivity index (χ0) is 11.6. The van der Waals surface area contributed by atoms with E-state index in [-0.39, 0.29) is 9.80 Å². The molecule has 0 unspecified atom stereocenters. The van der Waals surface area contributed by atoms with Crippen molar-refractivity contribution < 1.29 is 13.7 Å². The van der Waals surface area contributed by atoms with Gasteiger partial charge in [0.05, 0.1) is 0 Å². The monoisotopic (exact) mass is 344 g/mol. The van der Waals surface area contributed by atoms with Gasteiger partial charge in [0.25, 0.3) is 6.43 Å². The van der Waals surface area contributed by atoms with Crippen LogP contribution in [0, 0.1) is 10.1 Å². The lowest BCUT2D eigenvalue weighted by Crippen LogP contribution is -2.02. The summed E-state index contributed by atoms with van der Waals surface area (Å²) in [5.41, 5.74) is -0.243. The molecule has 15 heavy (non-hydrogen) atoms. The molecule has 0 aliphatic rings. The van der Waals surface area contributed by atoms with Gasteiger partial charge in [-0.25, -0.2) is 8.78 Å². The van der Waals surface area contributed by atoms with E-state index in [1.165, 1.54) is 6.20 Å². The first-order valence-electron chi connectivity index (χ1n) is 3.64. The summed E-state index contributed by atoms with van der Waals surface area (Å²) in [6.07, 6.45) is -1.76. The Balaban J connectivity index is 3.44. The van der Waals surface area contributed by atoms with E-state index in [0.29, 0.717) is 5.56 Å². The molecule has 0 fully saturated rings. The first-order chi connectivity index (χ1) is 6.99. The van der Waals surface area contributed by atoms with Gasteiger partial charge in [0.2, 0.25) is 0 Å². The molecule has 0 bridgehead atoms. The Morgan fingerprint density at radius 1 is 1.60 bits per heavy atom. The van der Waals surface area contributed by atoms with E-state index in [9.17, 15) is 18.9 Å². The van der Waals surface area contributed by atoms with Gasteiger partial charge in [0.1, 0.15) is 11.8 Å². The summed E-state index contributed by atoms with van der Waals surface area (Å²) in [5.74, 6) is -0.818. The lowest BCUT2D eigenvalue weighted by molar-refractivity contribution is -0.391. The van der Waals surface area contributed by atoms with Crippen molar-refractivity contribution in [2.75, 3.05) is 0 Å². The number of hydrogen-bond acceptors (Lipinski definition) is 3. The first kappa shape index (κ1) is 12.4. The highest BCUT2D eigenvalue weighted by Gasteiger charge is 2.28. The van der Waals surface area contributed by atoms with Crippen molar-refractivity contribution in [2.45, 2.75) is 11.8 Å². The summed E-state index contributed by atoms with van der Waals surface area (Å²) in [6, 6.07) is 0. The van der Waals surface area contributed by atoms with Crippen molar-refractivity contribution in [2.24, 2.45) is 0 Å². The summed E-state index contributed by atoms with van der Waals surface area (Å²) >= 11 is 5.98. The quantitative estimate of drug-likeness (QED) is 0.478. The summed E-state index contributed by atoms with van der Waals surface area (Å²) in [5, 5.41) is 10.7. The Hall–Kier alpha value is -0.630. The Morgan fingerprint density at radius 2 is 2.20 bits per heavy atom. The van der Waals surface area contributed by atoms with Crippen molar-refractivity contribution in [1.29, 1.82) is 0 Å². The fourth-order valence-electron chi connectivity index (χ4n) is 0.968. The van der Waals surface area contributed by atoms with Gasteiger partial charge in [-0.3, -0.25) is 0 Å². The van der Waals surface area contributed by atoms with Crippen LogP contribution in [0.15, 0.2) is 10.7 Å². The maximum absolute atomic E-state index is 12.6. The van der Waals surface area contributed by atoms with Crippen molar-refractivity contribution in [1.82, 2.24) is 4.98 Å². The molecule has 1 heterocycles. The topological polar surface area (TPSA) is 56.0 Å². The third-order valence-corrected chi connectivity index (χ3v) is 3.18. The summed E-state index contributed by atoms with van der Waals surface area (Å²) in [4.78, 5) is 12.9. The van der Waals surface area contributed by atoms with E-state index in [1.807, 2.05) is 0 Å². The standard InChI is InChI=1S/C7H4Br2F2N2O2/c8-1-3-2-12-7(13(14)15)4(5(3)9)6(10)11/h2,6H,1H2. The van der Waals surface area contributed by atoms with Crippen molar-refractivity contribution in [3.63, 3.8) is 0 Å². The van der Waals surface area contributed by atoms with Crippen LogP contribution in [0.1, 0.15) is 17.6 Å². The molecule has 4 nitrogen and oxygen atoms in total. The van der Waals surface area contributed by atoms with Gasteiger partial charge in [-0.15, -0.1) is 0 Å². The minimum absolute atomic E-state index is 0.0241. The molecule has 8 heteroatoms. The van der Waals surface area contributed by atoms with Crippen molar-refractivity contribution >= 4 is 37.7 Å². The summed E-state index contributed by atoms with van der Waals surface area (Å²) in [6.45, 7) is 0. The second-order valence-electron chi connectivity index (χ2n) is 2.53. The number of nitrogens with zero attached hydrogens (tertiary/aromatic N) is 2. The second kappa shape index (κ2) is 4.93. The summed E-state index contributed by atoms with van der Waals surface area (Å²) < 4.78 is 25.2. The van der Waals surface area contributed by atoms with Crippen LogP contribution in [0.4, 0.5) is 14.6 Å². The smallest absolute Gasteiger partial charge is 0.358 e. The largest absolute Gasteiger partial charge is 0.373 e. The van der Waals surface area contributed by atoms with Gasteiger partial charge in [-0.1, -0.05) is 15.9 Å². The number of pyridine rings is 1. The average molecular weight is 346 g/mol. The Bertz CT molecular complexity index is 401. The second-order valence-corrected chi connectivity index (χ2v) is 3.88. The first-order valence-corrected chi connectivity index (χ1v) is 5.56.